The van der Waals surface area contributed by atoms with Gasteiger partial charge in [0.05, 0.1) is 16.4 Å². The van der Waals surface area contributed by atoms with Crippen molar-refractivity contribution in [2.45, 2.75) is 70.2 Å². The summed E-state index contributed by atoms with van der Waals surface area (Å²) >= 11 is 0. The number of hydrogen-bond acceptors (Lipinski definition) is 5. The van der Waals surface area contributed by atoms with E-state index in [9.17, 15) is 19.8 Å². The van der Waals surface area contributed by atoms with E-state index < -0.39 is 34.1 Å². The smallest absolute Gasteiger partial charge is 0.312 e. The second-order valence-electron chi connectivity index (χ2n) is 9.61. The number of hydrogen-bond donors (Lipinski definition) is 2. The molecule has 0 aromatic carbocycles. The molecule has 5 heteroatoms. The summed E-state index contributed by atoms with van der Waals surface area (Å²) in [7, 11) is 0. The summed E-state index contributed by atoms with van der Waals surface area (Å²) in [4.78, 5) is 26.0. The second kappa shape index (κ2) is 4.20. The molecule has 2 bridgehead atoms. The Morgan fingerprint density at radius 2 is 1.92 bits per heavy atom. The van der Waals surface area contributed by atoms with Gasteiger partial charge in [-0.3, -0.25) is 9.59 Å². The first-order valence-electron chi connectivity index (χ1n) is 9.49. The number of carbonyl (C=O) groups excluding carboxylic acids is 2. The molecule has 4 saturated carbocycles. The first-order valence-corrected chi connectivity index (χ1v) is 9.49. The minimum atomic E-state index is -1.32. The molecule has 8 atom stereocenters. The number of ether oxygens (including phenoxy) is 1. The van der Waals surface area contributed by atoms with Gasteiger partial charge >= 0.3 is 5.97 Å². The average molecular weight is 346 g/mol. The quantitative estimate of drug-likeness (QED) is 0.516. The van der Waals surface area contributed by atoms with Crippen LogP contribution in [0.5, 0.6) is 0 Å². The van der Waals surface area contributed by atoms with Gasteiger partial charge in [-0.2, -0.15) is 0 Å². The lowest BCUT2D eigenvalue weighted by Gasteiger charge is -2.67. The molecule has 1 spiro atoms. The number of allylic oxidation sites excluding steroid dienone is 1. The third-order valence-corrected chi connectivity index (χ3v) is 8.91. The topological polar surface area (TPSA) is 83.8 Å². The maximum absolute atomic E-state index is 13.3. The Labute approximate surface area is 147 Å². The SMILES string of the molecule is C=C1C(=O)[C@]23C[C@H]1CC[C@@]2(O)[C@]1(C)CCC[C@@]2(C)C(=O)O[C@@H]([C@@H]3O)[C@@H]21. The molecule has 1 heterocycles. The molecular weight excluding hydrogens is 320 g/mol. The molecule has 0 aromatic rings. The third kappa shape index (κ3) is 1.34. The van der Waals surface area contributed by atoms with Crippen molar-refractivity contribution >= 4 is 11.8 Å². The van der Waals surface area contributed by atoms with Crippen LogP contribution in [0.1, 0.15) is 52.4 Å². The molecule has 0 aromatic heterocycles. The predicted octanol–water partition coefficient (Wildman–Crippen LogP) is 1.76. The minimum absolute atomic E-state index is 0.0228. The van der Waals surface area contributed by atoms with Crippen LogP contribution in [-0.4, -0.2) is 39.8 Å². The van der Waals surface area contributed by atoms with E-state index in [1.807, 2.05) is 13.8 Å². The number of esters is 1. The Kier molecular flexibility index (Phi) is 2.69. The summed E-state index contributed by atoms with van der Waals surface area (Å²) in [6.07, 6.45) is 2.02. The van der Waals surface area contributed by atoms with Crippen LogP contribution in [-0.2, 0) is 14.3 Å². The second-order valence-corrected chi connectivity index (χ2v) is 9.61. The summed E-state index contributed by atoms with van der Waals surface area (Å²) in [6.45, 7) is 7.90. The lowest BCUT2D eigenvalue weighted by molar-refractivity contribution is -0.294. The fraction of sp³-hybridized carbons (Fsp3) is 0.800. The highest BCUT2D eigenvalue weighted by atomic mass is 16.6. The zero-order chi connectivity index (χ0) is 18.0. The Hall–Kier alpha value is -1.20. The molecule has 5 aliphatic rings. The number of aliphatic hydroxyl groups is 2. The Bertz CT molecular complexity index is 730. The summed E-state index contributed by atoms with van der Waals surface area (Å²) in [5, 5.41) is 23.4. The van der Waals surface area contributed by atoms with Gasteiger partial charge < -0.3 is 14.9 Å². The zero-order valence-corrected chi connectivity index (χ0v) is 14.9. The van der Waals surface area contributed by atoms with Crippen molar-refractivity contribution in [3.8, 4) is 0 Å². The lowest BCUT2D eigenvalue weighted by Crippen LogP contribution is -2.76. The fourth-order valence-electron chi connectivity index (χ4n) is 7.72. The minimum Gasteiger partial charge on any atom is -0.459 e. The van der Waals surface area contributed by atoms with E-state index in [4.69, 9.17) is 4.74 Å². The van der Waals surface area contributed by atoms with Gasteiger partial charge in [-0.1, -0.05) is 19.9 Å². The van der Waals surface area contributed by atoms with Crippen LogP contribution in [0, 0.1) is 28.1 Å². The molecule has 5 fully saturated rings. The van der Waals surface area contributed by atoms with E-state index in [1.165, 1.54) is 0 Å². The van der Waals surface area contributed by atoms with Crippen molar-refractivity contribution in [3.63, 3.8) is 0 Å². The number of carbonyl (C=O) groups is 2. The van der Waals surface area contributed by atoms with Gasteiger partial charge in [-0.15, -0.1) is 0 Å². The third-order valence-electron chi connectivity index (χ3n) is 8.91. The highest BCUT2D eigenvalue weighted by molar-refractivity contribution is 6.04. The molecule has 136 valence electrons. The normalized spacial score (nSPS) is 59.4. The molecule has 5 rings (SSSR count). The summed E-state index contributed by atoms with van der Waals surface area (Å²) in [6, 6.07) is 0. The number of Topliss-reactive ketones (excluding diaryl/α,β-unsaturated/α-hetero) is 1. The molecule has 4 aliphatic carbocycles. The van der Waals surface area contributed by atoms with Crippen molar-refractivity contribution in [1.29, 1.82) is 0 Å². The average Bonchev–Trinajstić information content (AvgIpc) is 2.96. The van der Waals surface area contributed by atoms with Crippen molar-refractivity contribution in [1.82, 2.24) is 0 Å². The van der Waals surface area contributed by atoms with Crippen LogP contribution in [0.3, 0.4) is 0 Å². The van der Waals surface area contributed by atoms with Crippen LogP contribution in [0.15, 0.2) is 12.2 Å². The molecule has 25 heavy (non-hydrogen) atoms. The van der Waals surface area contributed by atoms with E-state index in [2.05, 4.69) is 6.58 Å². The van der Waals surface area contributed by atoms with Gasteiger partial charge in [0, 0.05) is 11.3 Å². The molecule has 0 unspecified atom stereocenters. The monoisotopic (exact) mass is 346 g/mol. The highest BCUT2D eigenvalue weighted by Gasteiger charge is 2.82. The first kappa shape index (κ1) is 16.0. The maximum Gasteiger partial charge on any atom is 0.312 e. The number of ketones is 1. The van der Waals surface area contributed by atoms with Gasteiger partial charge in [-0.25, -0.2) is 0 Å². The van der Waals surface area contributed by atoms with Gasteiger partial charge in [0.15, 0.2) is 5.78 Å². The fourth-order valence-corrected chi connectivity index (χ4v) is 7.72. The number of rotatable bonds is 0. The van der Waals surface area contributed by atoms with Gasteiger partial charge in [-0.05, 0) is 50.5 Å². The maximum atomic E-state index is 13.3. The van der Waals surface area contributed by atoms with Crippen molar-refractivity contribution in [2.75, 3.05) is 0 Å². The molecule has 0 radical (unpaired) electrons. The van der Waals surface area contributed by atoms with Gasteiger partial charge in [0.25, 0.3) is 0 Å². The molecular formula is C20H26O5. The Morgan fingerprint density at radius 1 is 1.20 bits per heavy atom. The first-order chi connectivity index (χ1) is 11.6. The summed E-state index contributed by atoms with van der Waals surface area (Å²) < 4.78 is 5.70. The van der Waals surface area contributed by atoms with E-state index in [1.54, 1.807) is 0 Å². The van der Waals surface area contributed by atoms with Gasteiger partial charge in [0.1, 0.15) is 12.2 Å². The van der Waals surface area contributed by atoms with Crippen molar-refractivity contribution < 1.29 is 24.5 Å². The largest absolute Gasteiger partial charge is 0.459 e. The molecule has 1 saturated heterocycles. The van der Waals surface area contributed by atoms with Gasteiger partial charge in [0.2, 0.25) is 0 Å². The summed E-state index contributed by atoms with van der Waals surface area (Å²) in [5.74, 6) is -0.730. The van der Waals surface area contributed by atoms with Crippen LogP contribution in [0.4, 0.5) is 0 Å². The van der Waals surface area contributed by atoms with E-state index in [0.29, 0.717) is 31.3 Å². The lowest BCUT2D eigenvalue weighted by atomic mass is 9.38. The number of aliphatic hydroxyl groups excluding tert-OH is 1. The van der Waals surface area contributed by atoms with E-state index in [-0.39, 0.29) is 23.6 Å². The molecule has 2 N–H and O–H groups in total. The molecule has 0 amide bonds. The van der Waals surface area contributed by atoms with Crippen LogP contribution in [0.2, 0.25) is 0 Å². The highest BCUT2D eigenvalue weighted by Crippen LogP contribution is 2.74. The van der Waals surface area contributed by atoms with Crippen LogP contribution in [0.25, 0.3) is 0 Å². The van der Waals surface area contributed by atoms with Crippen LogP contribution >= 0.6 is 0 Å². The predicted molar refractivity (Wildman–Crippen MR) is 88.3 cm³/mol. The molecule has 1 aliphatic heterocycles. The Balaban J connectivity index is 1.79. The standard InChI is InChI=1S/C20H26O5/c1-10-11-5-8-20(24)18(3)7-4-6-17(2)13(18)12(25-16(17)23)15(22)19(20,9-11)14(10)21/h11-13,15,22,24H,1,4-9H2,2-3H3/t11-,12-,13+,15+,17-,18-,19+,20-/m1/s1. The van der Waals surface area contributed by atoms with E-state index >= 15 is 0 Å². The Morgan fingerprint density at radius 3 is 2.64 bits per heavy atom. The van der Waals surface area contributed by atoms with Crippen LogP contribution < -0.4 is 0 Å². The number of fused-ring (bicyclic) bond motifs is 2. The van der Waals surface area contributed by atoms with Crippen molar-refractivity contribution in [3.05, 3.63) is 12.2 Å². The van der Waals surface area contributed by atoms with E-state index in [0.717, 1.165) is 12.8 Å². The summed E-state index contributed by atoms with van der Waals surface area (Å²) in [5.41, 5.74) is -3.37. The van der Waals surface area contributed by atoms with Crippen molar-refractivity contribution in [2.24, 2.45) is 28.1 Å². The zero-order valence-electron chi connectivity index (χ0n) is 14.9. The molecule has 5 nitrogen and oxygen atoms in total.